The number of hydrogen-bond acceptors (Lipinski definition) is 5. The third-order valence-electron chi connectivity index (χ3n) is 4.51. The number of nitrogens with one attached hydrogen (secondary N) is 2. The van der Waals surface area contributed by atoms with E-state index in [1.165, 1.54) is 5.56 Å². The van der Waals surface area contributed by atoms with Gasteiger partial charge in [-0.15, -0.1) is 0 Å². The molecule has 29 heavy (non-hydrogen) atoms. The molecule has 0 aliphatic rings. The fourth-order valence-corrected chi connectivity index (χ4v) is 3.06. The van der Waals surface area contributed by atoms with Gasteiger partial charge in [0.1, 0.15) is 23.1 Å². The van der Waals surface area contributed by atoms with Crippen molar-refractivity contribution in [3.8, 4) is 5.75 Å². The Hall–Kier alpha value is -3.41. The summed E-state index contributed by atoms with van der Waals surface area (Å²) in [4.78, 5) is 21.1. The molecule has 1 heterocycles. The topological polar surface area (TPSA) is 76.1 Å². The molecule has 0 spiro atoms. The van der Waals surface area contributed by atoms with E-state index in [0.29, 0.717) is 30.4 Å². The molecule has 0 aliphatic carbocycles. The maximum atomic E-state index is 12.5. The van der Waals surface area contributed by atoms with Crippen molar-refractivity contribution < 1.29 is 9.53 Å². The number of carbonyl (C=O) groups is 1. The Kier molecular flexibility index (Phi) is 7.16. The summed E-state index contributed by atoms with van der Waals surface area (Å²) >= 11 is 0. The minimum atomic E-state index is -0.195. The van der Waals surface area contributed by atoms with Gasteiger partial charge in [0.05, 0.1) is 7.11 Å². The van der Waals surface area contributed by atoms with Gasteiger partial charge in [-0.05, 0) is 37.0 Å². The monoisotopic (exact) mass is 390 g/mol. The van der Waals surface area contributed by atoms with Crippen LogP contribution >= 0.6 is 0 Å². The molecule has 2 N–H and O–H groups in total. The maximum Gasteiger partial charge on any atom is 0.270 e. The molecule has 6 nitrogen and oxygen atoms in total. The van der Waals surface area contributed by atoms with Crippen LogP contribution in [0.4, 0.5) is 5.82 Å². The molecule has 0 saturated heterocycles. The summed E-state index contributed by atoms with van der Waals surface area (Å²) in [7, 11) is 1.67. The highest BCUT2D eigenvalue weighted by Crippen LogP contribution is 2.18. The van der Waals surface area contributed by atoms with Gasteiger partial charge in [0.15, 0.2) is 0 Å². The highest BCUT2D eigenvalue weighted by atomic mass is 16.5. The molecule has 2 aromatic carbocycles. The molecular formula is C23H26N4O2. The molecule has 6 heteroatoms. The molecule has 3 aromatic rings. The predicted molar refractivity (Wildman–Crippen MR) is 114 cm³/mol. The van der Waals surface area contributed by atoms with Gasteiger partial charge in [-0.1, -0.05) is 48.5 Å². The number of anilines is 1. The van der Waals surface area contributed by atoms with Gasteiger partial charge >= 0.3 is 0 Å². The lowest BCUT2D eigenvalue weighted by Crippen LogP contribution is -2.27. The fraction of sp³-hybridized carbons (Fsp3) is 0.261. The van der Waals surface area contributed by atoms with E-state index in [4.69, 9.17) is 4.74 Å². The molecule has 0 bridgehead atoms. The van der Waals surface area contributed by atoms with Gasteiger partial charge < -0.3 is 15.4 Å². The number of benzene rings is 2. The van der Waals surface area contributed by atoms with Crippen molar-refractivity contribution in [2.75, 3.05) is 25.5 Å². The second-order valence-electron chi connectivity index (χ2n) is 6.67. The van der Waals surface area contributed by atoms with Crippen molar-refractivity contribution in [2.45, 2.75) is 19.8 Å². The first kappa shape index (κ1) is 20.3. The average Bonchev–Trinajstić information content (AvgIpc) is 2.74. The number of ether oxygens (including phenoxy) is 1. The Bertz CT molecular complexity index is 945. The number of amides is 1. The summed E-state index contributed by atoms with van der Waals surface area (Å²) in [6.45, 7) is 3.01. The van der Waals surface area contributed by atoms with Gasteiger partial charge in [-0.25, -0.2) is 9.97 Å². The van der Waals surface area contributed by atoms with E-state index in [1.807, 2.05) is 54.6 Å². The summed E-state index contributed by atoms with van der Waals surface area (Å²) in [6, 6.07) is 19.7. The lowest BCUT2D eigenvalue weighted by molar-refractivity contribution is 0.0949. The zero-order valence-electron chi connectivity index (χ0n) is 16.8. The number of carbonyl (C=O) groups excluding carboxylic acids is 1. The second kappa shape index (κ2) is 10.2. The minimum Gasteiger partial charge on any atom is -0.496 e. The highest BCUT2D eigenvalue weighted by molar-refractivity contribution is 5.92. The molecule has 3 rings (SSSR count). The van der Waals surface area contributed by atoms with E-state index >= 15 is 0 Å². The van der Waals surface area contributed by atoms with Crippen molar-refractivity contribution in [1.29, 1.82) is 0 Å². The van der Waals surface area contributed by atoms with Crippen LogP contribution in [0.15, 0.2) is 60.7 Å². The number of para-hydroxylation sites is 1. The summed E-state index contributed by atoms with van der Waals surface area (Å²) in [5.74, 6) is 1.87. The smallest absolute Gasteiger partial charge is 0.270 e. The van der Waals surface area contributed by atoms with Gasteiger partial charge in [-0.3, -0.25) is 4.79 Å². The van der Waals surface area contributed by atoms with Crippen LogP contribution in [0.25, 0.3) is 0 Å². The zero-order chi connectivity index (χ0) is 20.5. The zero-order valence-corrected chi connectivity index (χ0v) is 16.8. The first-order valence-electron chi connectivity index (χ1n) is 9.69. The third kappa shape index (κ3) is 6.04. The lowest BCUT2D eigenvalue weighted by Gasteiger charge is -2.11. The highest BCUT2D eigenvalue weighted by Gasteiger charge is 2.10. The van der Waals surface area contributed by atoms with E-state index < -0.39 is 0 Å². The van der Waals surface area contributed by atoms with Crippen LogP contribution in [0.2, 0.25) is 0 Å². The van der Waals surface area contributed by atoms with Crippen molar-refractivity contribution in [2.24, 2.45) is 0 Å². The van der Waals surface area contributed by atoms with E-state index in [1.54, 1.807) is 20.1 Å². The Morgan fingerprint density at radius 3 is 2.52 bits per heavy atom. The molecule has 0 saturated carbocycles. The average molecular weight is 390 g/mol. The SMILES string of the molecule is COc1ccccc1CCNc1cc(C(=O)NCCc2ccccc2)nc(C)n1. The number of aromatic nitrogens is 2. The summed E-state index contributed by atoms with van der Waals surface area (Å²) < 4.78 is 5.38. The third-order valence-corrected chi connectivity index (χ3v) is 4.51. The number of rotatable bonds is 9. The largest absolute Gasteiger partial charge is 0.496 e. The Labute approximate surface area is 171 Å². The number of nitrogens with zero attached hydrogens (tertiary/aromatic N) is 2. The first-order chi connectivity index (χ1) is 14.2. The molecular weight excluding hydrogens is 364 g/mol. The van der Waals surface area contributed by atoms with E-state index in [2.05, 4.69) is 20.6 Å². The standard InChI is InChI=1S/C23H26N4O2/c1-17-26-20(23(28)25-14-12-18-8-4-3-5-9-18)16-22(27-17)24-15-13-19-10-6-7-11-21(19)29-2/h3-11,16H,12-15H2,1-2H3,(H,25,28)(H,24,26,27). The Morgan fingerprint density at radius 1 is 0.966 bits per heavy atom. The van der Waals surface area contributed by atoms with E-state index in [9.17, 15) is 4.79 Å². The minimum absolute atomic E-state index is 0.195. The van der Waals surface area contributed by atoms with Crippen LogP contribution in [-0.2, 0) is 12.8 Å². The van der Waals surface area contributed by atoms with Crippen LogP contribution in [0, 0.1) is 6.92 Å². The van der Waals surface area contributed by atoms with Crippen molar-refractivity contribution in [3.63, 3.8) is 0 Å². The normalized spacial score (nSPS) is 10.4. The van der Waals surface area contributed by atoms with Crippen LogP contribution < -0.4 is 15.4 Å². The summed E-state index contributed by atoms with van der Waals surface area (Å²) in [5.41, 5.74) is 2.67. The molecule has 1 amide bonds. The molecule has 0 fully saturated rings. The number of aryl methyl sites for hydroxylation is 1. The van der Waals surface area contributed by atoms with Crippen LogP contribution in [-0.4, -0.2) is 36.1 Å². The molecule has 0 aliphatic heterocycles. The van der Waals surface area contributed by atoms with Gasteiger partial charge in [-0.2, -0.15) is 0 Å². The molecule has 150 valence electrons. The predicted octanol–water partition coefficient (Wildman–Crippen LogP) is 3.42. The van der Waals surface area contributed by atoms with E-state index in [-0.39, 0.29) is 5.91 Å². The van der Waals surface area contributed by atoms with Crippen molar-refractivity contribution in [1.82, 2.24) is 15.3 Å². The number of hydrogen-bond donors (Lipinski definition) is 2. The van der Waals surface area contributed by atoms with Crippen LogP contribution in [0.5, 0.6) is 5.75 Å². The van der Waals surface area contributed by atoms with Gasteiger partial charge in [0, 0.05) is 19.2 Å². The summed E-state index contributed by atoms with van der Waals surface area (Å²) in [6.07, 6.45) is 1.56. The Morgan fingerprint density at radius 2 is 1.72 bits per heavy atom. The lowest BCUT2D eigenvalue weighted by atomic mass is 10.1. The van der Waals surface area contributed by atoms with Gasteiger partial charge in [0.2, 0.25) is 0 Å². The van der Waals surface area contributed by atoms with Gasteiger partial charge in [0.25, 0.3) is 5.91 Å². The number of methoxy groups -OCH3 is 1. The molecule has 0 atom stereocenters. The van der Waals surface area contributed by atoms with Crippen molar-refractivity contribution in [3.05, 3.63) is 83.3 Å². The van der Waals surface area contributed by atoms with Crippen LogP contribution in [0.3, 0.4) is 0 Å². The van der Waals surface area contributed by atoms with Crippen LogP contribution in [0.1, 0.15) is 27.4 Å². The Balaban J connectivity index is 1.55. The first-order valence-corrected chi connectivity index (χ1v) is 9.69. The quantitative estimate of drug-likeness (QED) is 0.585. The second-order valence-corrected chi connectivity index (χ2v) is 6.67. The van der Waals surface area contributed by atoms with E-state index in [0.717, 1.165) is 24.2 Å². The maximum absolute atomic E-state index is 12.5. The fourth-order valence-electron chi connectivity index (χ4n) is 3.06. The van der Waals surface area contributed by atoms with Crippen molar-refractivity contribution >= 4 is 11.7 Å². The molecule has 1 aromatic heterocycles. The summed E-state index contributed by atoms with van der Waals surface area (Å²) in [5, 5.41) is 6.20. The molecule has 0 unspecified atom stereocenters. The molecule has 0 radical (unpaired) electrons.